The molecule has 0 aromatic heterocycles. The van der Waals surface area contributed by atoms with Crippen molar-refractivity contribution >= 4 is 5.97 Å². The Bertz CT molecular complexity index is 385. The van der Waals surface area contributed by atoms with Crippen LogP contribution in [0.15, 0.2) is 12.1 Å². The van der Waals surface area contributed by atoms with Gasteiger partial charge in [-0.2, -0.15) is 0 Å². The van der Waals surface area contributed by atoms with Crippen molar-refractivity contribution in [1.29, 1.82) is 0 Å². The first-order chi connectivity index (χ1) is 7.58. The van der Waals surface area contributed by atoms with Crippen LogP contribution in [0.25, 0.3) is 0 Å². The maximum absolute atomic E-state index is 10.5. The highest BCUT2D eigenvalue weighted by Gasteiger charge is 2.12. The molecule has 88 valence electrons. The normalized spacial score (nSPS) is 9.94. The first-order valence-corrected chi connectivity index (χ1v) is 5.01. The van der Waals surface area contributed by atoms with Crippen LogP contribution in [0.1, 0.15) is 17.5 Å². The van der Waals surface area contributed by atoms with Crippen molar-refractivity contribution < 1.29 is 19.4 Å². The first-order valence-electron chi connectivity index (χ1n) is 5.01. The fourth-order valence-corrected chi connectivity index (χ4v) is 1.62. The molecule has 0 aliphatic carbocycles. The second-order valence-electron chi connectivity index (χ2n) is 3.55. The highest BCUT2D eigenvalue weighted by atomic mass is 16.5. The Morgan fingerprint density at radius 3 is 2.50 bits per heavy atom. The second kappa shape index (κ2) is 5.39. The van der Waals surface area contributed by atoms with Crippen LogP contribution in [0.4, 0.5) is 0 Å². The summed E-state index contributed by atoms with van der Waals surface area (Å²) in [7, 11) is 3.12. The third kappa shape index (κ3) is 2.89. The van der Waals surface area contributed by atoms with Crippen molar-refractivity contribution in [2.24, 2.45) is 0 Å². The minimum absolute atomic E-state index is 0.0863. The molecule has 1 aromatic carbocycles. The third-order valence-electron chi connectivity index (χ3n) is 2.31. The molecule has 16 heavy (non-hydrogen) atoms. The van der Waals surface area contributed by atoms with E-state index < -0.39 is 5.97 Å². The highest BCUT2D eigenvalue weighted by Crippen LogP contribution is 2.33. The van der Waals surface area contributed by atoms with E-state index in [4.69, 9.17) is 14.6 Å². The van der Waals surface area contributed by atoms with E-state index in [0.29, 0.717) is 17.9 Å². The van der Waals surface area contributed by atoms with Crippen molar-refractivity contribution in [2.45, 2.75) is 19.8 Å². The van der Waals surface area contributed by atoms with Gasteiger partial charge in [0.2, 0.25) is 0 Å². The lowest BCUT2D eigenvalue weighted by Gasteiger charge is -2.13. The number of rotatable bonds is 5. The number of hydrogen-bond donors (Lipinski definition) is 1. The Morgan fingerprint density at radius 1 is 1.31 bits per heavy atom. The van der Waals surface area contributed by atoms with E-state index in [1.54, 1.807) is 14.2 Å². The van der Waals surface area contributed by atoms with Gasteiger partial charge in [0.1, 0.15) is 0 Å². The summed E-state index contributed by atoms with van der Waals surface area (Å²) in [4.78, 5) is 10.5. The SMILES string of the molecule is COc1cc(C)cc(CCC(=O)O)c1OC. The van der Waals surface area contributed by atoms with E-state index in [0.717, 1.165) is 11.1 Å². The average molecular weight is 224 g/mol. The Hall–Kier alpha value is -1.71. The van der Waals surface area contributed by atoms with Gasteiger partial charge in [0.05, 0.1) is 14.2 Å². The van der Waals surface area contributed by atoms with Crippen LogP contribution in [0.3, 0.4) is 0 Å². The van der Waals surface area contributed by atoms with E-state index in [1.165, 1.54) is 0 Å². The number of aryl methyl sites for hydroxylation is 2. The lowest BCUT2D eigenvalue weighted by Crippen LogP contribution is -2.01. The fourth-order valence-electron chi connectivity index (χ4n) is 1.62. The molecule has 0 atom stereocenters. The van der Waals surface area contributed by atoms with Gasteiger partial charge in [-0.3, -0.25) is 4.79 Å². The van der Waals surface area contributed by atoms with E-state index in [-0.39, 0.29) is 6.42 Å². The Balaban J connectivity index is 3.04. The summed E-state index contributed by atoms with van der Waals surface area (Å²) in [6, 6.07) is 3.79. The van der Waals surface area contributed by atoms with Gasteiger partial charge in [0, 0.05) is 6.42 Å². The molecular weight excluding hydrogens is 208 g/mol. The number of carboxylic acids is 1. The van der Waals surface area contributed by atoms with Gasteiger partial charge in [0.25, 0.3) is 0 Å². The van der Waals surface area contributed by atoms with Gasteiger partial charge in [-0.15, -0.1) is 0 Å². The van der Waals surface area contributed by atoms with Gasteiger partial charge in [0.15, 0.2) is 11.5 Å². The predicted octanol–water partition coefficient (Wildman–Crippen LogP) is 2.03. The van der Waals surface area contributed by atoms with Crippen LogP contribution in [0, 0.1) is 6.92 Å². The second-order valence-corrected chi connectivity index (χ2v) is 3.55. The van der Waals surface area contributed by atoms with Gasteiger partial charge < -0.3 is 14.6 Å². The molecule has 4 heteroatoms. The number of aliphatic carboxylic acids is 1. The van der Waals surface area contributed by atoms with E-state index in [2.05, 4.69) is 0 Å². The van der Waals surface area contributed by atoms with Crippen LogP contribution in [0.2, 0.25) is 0 Å². The molecule has 0 heterocycles. The zero-order chi connectivity index (χ0) is 12.1. The van der Waals surface area contributed by atoms with Crippen LogP contribution >= 0.6 is 0 Å². The molecule has 0 bridgehead atoms. The number of carbonyl (C=O) groups is 1. The number of hydrogen-bond acceptors (Lipinski definition) is 3. The summed E-state index contributed by atoms with van der Waals surface area (Å²) >= 11 is 0. The molecule has 1 N–H and O–H groups in total. The Labute approximate surface area is 94.8 Å². The quantitative estimate of drug-likeness (QED) is 0.831. The zero-order valence-electron chi connectivity index (χ0n) is 9.74. The van der Waals surface area contributed by atoms with E-state index >= 15 is 0 Å². The Kier molecular flexibility index (Phi) is 4.17. The molecule has 1 aromatic rings. The van der Waals surface area contributed by atoms with Gasteiger partial charge in [-0.1, -0.05) is 6.07 Å². The van der Waals surface area contributed by atoms with E-state index in [9.17, 15) is 4.79 Å². The third-order valence-corrected chi connectivity index (χ3v) is 2.31. The van der Waals surface area contributed by atoms with Crippen molar-refractivity contribution in [3.63, 3.8) is 0 Å². The van der Waals surface area contributed by atoms with Crippen LogP contribution in [0.5, 0.6) is 11.5 Å². The van der Waals surface area contributed by atoms with Gasteiger partial charge in [-0.25, -0.2) is 0 Å². The summed E-state index contributed by atoms with van der Waals surface area (Å²) in [5, 5.41) is 8.66. The highest BCUT2D eigenvalue weighted by molar-refractivity contribution is 5.67. The number of methoxy groups -OCH3 is 2. The van der Waals surface area contributed by atoms with Crippen molar-refractivity contribution in [1.82, 2.24) is 0 Å². The molecule has 4 nitrogen and oxygen atoms in total. The molecule has 0 unspecified atom stereocenters. The molecule has 0 saturated carbocycles. The van der Waals surface area contributed by atoms with Crippen LogP contribution in [-0.2, 0) is 11.2 Å². The van der Waals surface area contributed by atoms with Crippen LogP contribution < -0.4 is 9.47 Å². The molecule has 0 spiro atoms. The molecule has 0 fully saturated rings. The number of carboxylic acid groups (broad SMARTS) is 1. The smallest absolute Gasteiger partial charge is 0.303 e. The molecule has 0 aliphatic heterocycles. The van der Waals surface area contributed by atoms with Crippen molar-refractivity contribution in [3.05, 3.63) is 23.3 Å². The number of benzene rings is 1. The minimum Gasteiger partial charge on any atom is -0.493 e. The van der Waals surface area contributed by atoms with Crippen molar-refractivity contribution in [3.8, 4) is 11.5 Å². The van der Waals surface area contributed by atoms with E-state index in [1.807, 2.05) is 19.1 Å². The lowest BCUT2D eigenvalue weighted by molar-refractivity contribution is -0.136. The maximum atomic E-state index is 10.5. The predicted molar refractivity (Wildman–Crippen MR) is 60.2 cm³/mol. The summed E-state index contributed by atoms with van der Waals surface area (Å²) < 4.78 is 10.4. The summed E-state index contributed by atoms with van der Waals surface area (Å²) in [5.41, 5.74) is 1.89. The largest absolute Gasteiger partial charge is 0.493 e. The monoisotopic (exact) mass is 224 g/mol. The summed E-state index contributed by atoms with van der Waals surface area (Å²) in [6.45, 7) is 1.94. The molecule has 0 saturated heterocycles. The first kappa shape index (κ1) is 12.4. The molecule has 0 aliphatic rings. The molecule has 0 radical (unpaired) electrons. The van der Waals surface area contributed by atoms with Gasteiger partial charge in [-0.05, 0) is 30.5 Å². The minimum atomic E-state index is -0.817. The molecular formula is C12H16O4. The fraction of sp³-hybridized carbons (Fsp3) is 0.417. The zero-order valence-corrected chi connectivity index (χ0v) is 9.74. The molecule has 0 amide bonds. The standard InChI is InChI=1S/C12H16O4/c1-8-6-9(4-5-11(13)14)12(16-3)10(7-8)15-2/h6-7H,4-5H2,1-3H3,(H,13,14). The number of ether oxygens (including phenoxy) is 2. The topological polar surface area (TPSA) is 55.8 Å². The summed E-state index contributed by atoms with van der Waals surface area (Å²) in [6.07, 6.45) is 0.527. The Morgan fingerprint density at radius 2 is 2.00 bits per heavy atom. The van der Waals surface area contributed by atoms with Crippen LogP contribution in [-0.4, -0.2) is 25.3 Å². The maximum Gasteiger partial charge on any atom is 0.303 e. The lowest BCUT2D eigenvalue weighted by atomic mass is 10.0. The average Bonchev–Trinajstić information content (AvgIpc) is 2.25. The molecule has 1 rings (SSSR count). The van der Waals surface area contributed by atoms with Crippen molar-refractivity contribution in [2.75, 3.05) is 14.2 Å². The van der Waals surface area contributed by atoms with Gasteiger partial charge >= 0.3 is 5.97 Å². The summed E-state index contributed by atoms with van der Waals surface area (Å²) in [5.74, 6) is 0.444.